The maximum absolute atomic E-state index is 14.0. The molecule has 14 heteroatoms. The summed E-state index contributed by atoms with van der Waals surface area (Å²) >= 11 is 6.70. The lowest BCUT2D eigenvalue weighted by atomic mass is 9.91. The first kappa shape index (κ1) is 30.4. The van der Waals surface area contributed by atoms with E-state index in [9.17, 15) is 18.0 Å². The van der Waals surface area contributed by atoms with Crippen molar-refractivity contribution in [3.63, 3.8) is 0 Å². The summed E-state index contributed by atoms with van der Waals surface area (Å²) in [4.78, 5) is 43.6. The Balaban J connectivity index is 1.13. The number of aromatic nitrogens is 2. The van der Waals surface area contributed by atoms with E-state index >= 15 is 0 Å². The van der Waals surface area contributed by atoms with E-state index in [1.165, 1.54) is 11.2 Å². The Bertz CT molecular complexity index is 1930. The predicted octanol–water partition coefficient (Wildman–Crippen LogP) is 4.45. The molecule has 1 saturated heterocycles. The number of amidine groups is 1. The van der Waals surface area contributed by atoms with Crippen LogP contribution < -0.4 is 19.9 Å². The van der Waals surface area contributed by atoms with E-state index in [2.05, 4.69) is 21.4 Å². The number of aliphatic imine (C=N–C) groups is 1. The third kappa shape index (κ3) is 5.05. The number of methoxy groups -OCH3 is 1. The molecule has 46 heavy (non-hydrogen) atoms. The number of halogens is 1. The molecule has 2 fully saturated rings. The number of anilines is 3. The number of fused-ring (bicyclic) bond motifs is 3. The van der Waals surface area contributed by atoms with Crippen LogP contribution in [-0.2, 0) is 31.3 Å². The second-order valence-corrected chi connectivity index (χ2v) is 15.6. The van der Waals surface area contributed by atoms with Gasteiger partial charge in [-0.2, -0.15) is 0 Å². The smallest absolute Gasteiger partial charge is 0.421 e. The Kier molecular flexibility index (Phi) is 7.05. The van der Waals surface area contributed by atoms with Crippen molar-refractivity contribution < 1.29 is 27.5 Å². The van der Waals surface area contributed by atoms with E-state index in [0.717, 1.165) is 22.3 Å². The fraction of sp³-hybridized carbons (Fsp3) is 0.406. The fourth-order valence-electron chi connectivity index (χ4n) is 6.56. The van der Waals surface area contributed by atoms with Crippen molar-refractivity contribution in [3.8, 4) is 5.75 Å². The largest absolute Gasteiger partial charge is 0.497 e. The van der Waals surface area contributed by atoms with Gasteiger partial charge in [0, 0.05) is 24.6 Å². The molecule has 12 nitrogen and oxygen atoms in total. The number of nitrogens with zero attached hydrogens (tertiary/aromatic N) is 5. The van der Waals surface area contributed by atoms with E-state index in [1.54, 1.807) is 40.0 Å². The van der Waals surface area contributed by atoms with Crippen LogP contribution in [0.4, 0.5) is 22.1 Å². The highest BCUT2D eigenvalue weighted by Gasteiger charge is 2.68. The number of hydrogen-bond donors (Lipinski definition) is 1. The standard InChI is InChI=1S/C32H33ClN6O6S/c1-31(2,3)45-30(41)39-24-8-6-20(44-4)14-22(24)32(29(39)40)15-23(32)18-5-7-21-19(13-18)16-34-26(21)37-27-25(33)28(36-17-35-27)38-9-11-46(42,43)12-10-38/h5-8,13-14,17,23H,9-12,15-16H2,1-4H3,(H,34,35,36,37)/t23-,32-/m0/s1. The van der Waals surface area contributed by atoms with Gasteiger partial charge in [0.05, 0.1) is 36.3 Å². The topological polar surface area (TPSA) is 143 Å². The highest BCUT2D eigenvalue weighted by molar-refractivity contribution is 7.91. The predicted molar refractivity (Wildman–Crippen MR) is 174 cm³/mol. The summed E-state index contributed by atoms with van der Waals surface area (Å²) in [5.41, 5.74) is 2.46. The minimum atomic E-state index is -3.06. The number of benzene rings is 2. The summed E-state index contributed by atoms with van der Waals surface area (Å²) in [6.45, 7) is 6.35. The zero-order valence-electron chi connectivity index (χ0n) is 25.8. The second kappa shape index (κ2) is 10.7. The zero-order chi connectivity index (χ0) is 32.6. The van der Waals surface area contributed by atoms with Crippen molar-refractivity contribution >= 4 is 56.6 Å². The normalized spacial score (nSPS) is 22.8. The van der Waals surface area contributed by atoms with Crippen LogP contribution in [0.5, 0.6) is 5.75 Å². The molecule has 2 aromatic carbocycles. The summed E-state index contributed by atoms with van der Waals surface area (Å²) in [6.07, 6.45) is 1.25. The third-order valence-corrected chi connectivity index (χ3v) is 10.9. The first-order valence-corrected chi connectivity index (χ1v) is 17.2. The van der Waals surface area contributed by atoms with Gasteiger partial charge in [0.25, 0.3) is 0 Å². The number of sulfone groups is 1. The van der Waals surface area contributed by atoms with Crippen LogP contribution in [0.3, 0.4) is 0 Å². The van der Waals surface area contributed by atoms with Gasteiger partial charge in [-0.15, -0.1) is 0 Å². The Morgan fingerprint density at radius 1 is 1.11 bits per heavy atom. The van der Waals surface area contributed by atoms with Crippen molar-refractivity contribution in [3.05, 3.63) is 70.0 Å². The van der Waals surface area contributed by atoms with Gasteiger partial charge in [0.15, 0.2) is 21.5 Å². The average Bonchev–Trinajstić information content (AvgIpc) is 3.57. The van der Waals surface area contributed by atoms with Crippen LogP contribution in [-0.4, -0.2) is 73.5 Å². The van der Waals surface area contributed by atoms with Crippen LogP contribution in [0.15, 0.2) is 47.7 Å². The van der Waals surface area contributed by atoms with Gasteiger partial charge >= 0.3 is 6.09 Å². The minimum Gasteiger partial charge on any atom is -0.497 e. The van der Waals surface area contributed by atoms with Gasteiger partial charge in [-0.25, -0.2) is 28.1 Å². The summed E-state index contributed by atoms with van der Waals surface area (Å²) in [6, 6.07) is 11.4. The van der Waals surface area contributed by atoms with E-state index in [0.29, 0.717) is 55.0 Å². The lowest BCUT2D eigenvalue weighted by Gasteiger charge is -2.28. The van der Waals surface area contributed by atoms with E-state index in [4.69, 9.17) is 26.1 Å². The number of carbonyl (C=O) groups is 2. The Labute approximate surface area is 271 Å². The Morgan fingerprint density at radius 3 is 2.59 bits per heavy atom. The molecule has 0 unspecified atom stereocenters. The summed E-state index contributed by atoms with van der Waals surface area (Å²) in [5, 5.41) is 3.53. The highest BCUT2D eigenvalue weighted by Crippen LogP contribution is 2.67. The Hall–Kier alpha value is -4.23. The van der Waals surface area contributed by atoms with Crippen LogP contribution in [0.1, 0.15) is 55.4 Å². The minimum absolute atomic E-state index is 0.0462. The van der Waals surface area contributed by atoms with Crippen LogP contribution in [0, 0.1) is 0 Å². The zero-order valence-corrected chi connectivity index (χ0v) is 27.4. The van der Waals surface area contributed by atoms with Gasteiger partial charge in [-0.05, 0) is 62.1 Å². The molecule has 1 aliphatic carbocycles. The van der Waals surface area contributed by atoms with Crippen molar-refractivity contribution in [2.45, 2.75) is 50.7 Å². The van der Waals surface area contributed by atoms with Crippen molar-refractivity contribution in [1.82, 2.24) is 9.97 Å². The molecule has 1 saturated carbocycles. The number of rotatable bonds is 4. The fourth-order valence-corrected chi connectivity index (χ4v) is 8.03. The molecular weight excluding hydrogens is 632 g/mol. The summed E-state index contributed by atoms with van der Waals surface area (Å²) in [7, 11) is -1.48. The molecule has 0 radical (unpaired) electrons. The molecule has 2 amide bonds. The van der Waals surface area contributed by atoms with Crippen molar-refractivity contribution in [2.75, 3.05) is 46.8 Å². The molecule has 4 heterocycles. The van der Waals surface area contributed by atoms with Crippen LogP contribution in [0.25, 0.3) is 0 Å². The summed E-state index contributed by atoms with van der Waals surface area (Å²) < 4.78 is 34.9. The number of carbonyl (C=O) groups excluding carboxylic acids is 2. The first-order chi connectivity index (χ1) is 21.8. The highest BCUT2D eigenvalue weighted by atomic mass is 35.5. The third-order valence-electron chi connectivity index (χ3n) is 8.89. The van der Waals surface area contributed by atoms with E-state index < -0.39 is 26.9 Å². The molecule has 3 aliphatic heterocycles. The average molecular weight is 665 g/mol. The van der Waals surface area contributed by atoms with Gasteiger partial charge in [-0.1, -0.05) is 29.8 Å². The molecule has 240 valence electrons. The second-order valence-electron chi connectivity index (χ2n) is 12.9. The van der Waals surface area contributed by atoms with Crippen LogP contribution in [0.2, 0.25) is 5.02 Å². The van der Waals surface area contributed by atoms with E-state index in [1.807, 2.05) is 23.1 Å². The molecule has 1 aromatic heterocycles. The van der Waals surface area contributed by atoms with Gasteiger partial charge in [0.2, 0.25) is 5.91 Å². The number of ether oxygens (including phenoxy) is 2. The monoisotopic (exact) mass is 664 g/mol. The molecular formula is C32H33ClN6O6S. The first-order valence-electron chi connectivity index (χ1n) is 15.0. The van der Waals surface area contributed by atoms with Crippen LogP contribution >= 0.6 is 11.6 Å². The maximum atomic E-state index is 14.0. The lowest BCUT2D eigenvalue weighted by molar-refractivity contribution is -0.120. The molecule has 7 rings (SSSR count). The van der Waals surface area contributed by atoms with E-state index in [-0.39, 0.29) is 28.4 Å². The molecule has 1 N–H and O–H groups in total. The molecule has 3 aromatic rings. The molecule has 2 atom stereocenters. The number of nitrogens with one attached hydrogen (secondary N) is 1. The number of imide groups is 1. The molecule has 4 aliphatic rings. The quantitative estimate of drug-likeness (QED) is 0.425. The maximum Gasteiger partial charge on any atom is 0.421 e. The van der Waals surface area contributed by atoms with Gasteiger partial charge in [0.1, 0.15) is 28.5 Å². The summed E-state index contributed by atoms with van der Waals surface area (Å²) in [5.74, 6) is 1.71. The molecule has 0 bridgehead atoms. The van der Waals surface area contributed by atoms with Gasteiger partial charge in [-0.3, -0.25) is 9.79 Å². The Morgan fingerprint density at radius 2 is 1.87 bits per heavy atom. The number of hydrogen-bond acceptors (Lipinski definition) is 11. The van der Waals surface area contributed by atoms with Gasteiger partial charge < -0.3 is 19.7 Å². The van der Waals surface area contributed by atoms with Crippen molar-refractivity contribution in [1.29, 1.82) is 0 Å². The van der Waals surface area contributed by atoms with Crippen molar-refractivity contribution in [2.24, 2.45) is 4.99 Å². The number of amides is 2. The lowest BCUT2D eigenvalue weighted by Crippen LogP contribution is -2.41. The molecule has 1 spiro atoms. The SMILES string of the molecule is COc1ccc2c(c1)[C@]1(C[C@H]1c1ccc3c(c1)CN=C3Nc1ncnc(N3CCS(=O)(=O)CC3)c1Cl)C(=O)N2C(=O)OC(C)(C)C.